The van der Waals surface area contributed by atoms with Gasteiger partial charge in [0, 0.05) is 5.92 Å². The van der Waals surface area contributed by atoms with Gasteiger partial charge in [-0.1, -0.05) is 38.1 Å². The monoisotopic (exact) mass is 380 g/mol. The Balaban J connectivity index is 2.29. The molecule has 2 aromatic carbocycles. The van der Waals surface area contributed by atoms with Crippen molar-refractivity contribution in [2.24, 2.45) is 0 Å². The van der Waals surface area contributed by atoms with E-state index in [0.717, 1.165) is 35.5 Å². The number of halogens is 2. The van der Waals surface area contributed by atoms with E-state index in [-0.39, 0.29) is 5.92 Å². The third-order valence-corrected chi connectivity index (χ3v) is 4.24. The molecule has 0 heterocycles. The molecule has 0 aliphatic carbocycles. The topological polar surface area (TPSA) is 18.5 Å². The lowest BCUT2D eigenvalue weighted by atomic mass is 9.89. The summed E-state index contributed by atoms with van der Waals surface area (Å²) in [5.74, 6) is 1.85. The molecule has 0 saturated heterocycles. The van der Waals surface area contributed by atoms with Gasteiger partial charge in [0.05, 0.1) is 13.2 Å². The van der Waals surface area contributed by atoms with Crippen LogP contribution in [0.2, 0.25) is 0 Å². The average molecular weight is 381 g/mol. The quantitative estimate of drug-likeness (QED) is 0.432. The highest BCUT2D eigenvalue weighted by Gasteiger charge is 2.19. The molecule has 0 amide bonds. The minimum atomic E-state index is -0.439. The van der Waals surface area contributed by atoms with Crippen LogP contribution in [0, 0.1) is 0 Å². The van der Waals surface area contributed by atoms with Crippen molar-refractivity contribution in [1.29, 1.82) is 0 Å². The summed E-state index contributed by atoms with van der Waals surface area (Å²) in [6.07, 6.45) is 2.60. The van der Waals surface area contributed by atoms with Crippen molar-refractivity contribution in [3.63, 3.8) is 0 Å². The maximum atomic E-state index is 6.12. The van der Waals surface area contributed by atoms with Gasteiger partial charge < -0.3 is 9.47 Å². The van der Waals surface area contributed by atoms with Crippen LogP contribution in [0.1, 0.15) is 50.2 Å². The van der Waals surface area contributed by atoms with Gasteiger partial charge in [0.15, 0.2) is 0 Å². The molecule has 0 spiro atoms. The highest BCUT2D eigenvalue weighted by Crippen LogP contribution is 2.35. The van der Waals surface area contributed by atoms with E-state index < -0.39 is 4.84 Å². The van der Waals surface area contributed by atoms with E-state index in [2.05, 4.69) is 38.1 Å². The van der Waals surface area contributed by atoms with Gasteiger partial charge in [-0.25, -0.2) is 0 Å². The van der Waals surface area contributed by atoms with Gasteiger partial charge in [0.2, 0.25) is 0 Å². The van der Waals surface area contributed by atoms with E-state index in [1.807, 2.05) is 24.3 Å². The summed E-state index contributed by atoms with van der Waals surface area (Å²) in [4.78, 5) is -0.439. The Morgan fingerprint density at radius 3 is 1.68 bits per heavy atom. The fraction of sp³-hybridized carbons (Fsp3) is 0.429. The van der Waals surface area contributed by atoms with Gasteiger partial charge in [0.25, 0.3) is 0 Å². The molecule has 25 heavy (non-hydrogen) atoms. The maximum absolute atomic E-state index is 6.12. The fourth-order valence-electron chi connectivity index (χ4n) is 2.72. The summed E-state index contributed by atoms with van der Waals surface area (Å²) in [6.45, 7) is 5.62. The van der Waals surface area contributed by atoms with Crippen molar-refractivity contribution in [2.75, 3.05) is 13.2 Å². The van der Waals surface area contributed by atoms with Crippen molar-refractivity contribution < 1.29 is 9.47 Å². The van der Waals surface area contributed by atoms with Gasteiger partial charge in [-0.15, -0.1) is 23.2 Å². The Labute approximate surface area is 161 Å². The summed E-state index contributed by atoms with van der Waals surface area (Å²) < 4.78 is 11.5. The Kier molecular flexibility index (Phi) is 8.43. The van der Waals surface area contributed by atoms with E-state index in [9.17, 15) is 0 Å². The zero-order valence-corrected chi connectivity index (χ0v) is 16.4. The van der Waals surface area contributed by atoms with Gasteiger partial charge in [0.1, 0.15) is 16.3 Å². The van der Waals surface area contributed by atoms with Crippen molar-refractivity contribution in [1.82, 2.24) is 0 Å². The second kappa shape index (κ2) is 10.6. The predicted octanol–water partition coefficient (Wildman–Crippen LogP) is 6.59. The second-order valence-corrected chi connectivity index (χ2v) is 7.30. The van der Waals surface area contributed by atoms with E-state index in [4.69, 9.17) is 32.7 Å². The third-order valence-electron chi connectivity index (χ3n) is 3.88. The molecule has 2 aromatic rings. The van der Waals surface area contributed by atoms with Crippen LogP contribution in [0.25, 0.3) is 0 Å². The third kappa shape index (κ3) is 6.45. The first kappa shape index (κ1) is 19.9. The van der Waals surface area contributed by atoms with Gasteiger partial charge in [-0.3, -0.25) is 0 Å². The van der Waals surface area contributed by atoms with Crippen LogP contribution in [0.5, 0.6) is 11.5 Å². The minimum absolute atomic E-state index is 0.0929. The van der Waals surface area contributed by atoms with Crippen molar-refractivity contribution in [2.45, 2.75) is 43.9 Å². The lowest BCUT2D eigenvalue weighted by Gasteiger charge is -2.20. The molecule has 0 radical (unpaired) electrons. The fourth-order valence-corrected chi connectivity index (χ4v) is 3.08. The van der Waals surface area contributed by atoms with Crippen LogP contribution < -0.4 is 9.47 Å². The average Bonchev–Trinajstić information content (AvgIpc) is 2.63. The first-order valence-electron chi connectivity index (χ1n) is 8.87. The van der Waals surface area contributed by atoms with E-state index in [1.165, 1.54) is 0 Å². The molecule has 0 atom stereocenters. The van der Waals surface area contributed by atoms with Crippen molar-refractivity contribution in [3.05, 3.63) is 59.7 Å². The first-order chi connectivity index (χ1) is 12.1. The summed E-state index contributed by atoms with van der Waals surface area (Å²) in [7, 11) is 0. The van der Waals surface area contributed by atoms with Crippen LogP contribution in [-0.4, -0.2) is 18.1 Å². The van der Waals surface area contributed by atoms with Gasteiger partial charge >= 0.3 is 0 Å². The van der Waals surface area contributed by atoms with Crippen molar-refractivity contribution in [3.8, 4) is 11.5 Å². The summed E-state index contributed by atoms with van der Waals surface area (Å²) in [6, 6.07) is 16.3. The number of alkyl halides is 2. The highest BCUT2D eigenvalue weighted by molar-refractivity contribution is 6.44. The predicted molar refractivity (Wildman–Crippen MR) is 106 cm³/mol. The molecule has 2 nitrogen and oxygen atoms in total. The number of ether oxygens (including phenoxy) is 2. The minimum Gasteiger partial charge on any atom is -0.494 e. The number of hydrogen-bond donors (Lipinski definition) is 0. The van der Waals surface area contributed by atoms with Crippen molar-refractivity contribution >= 4 is 23.2 Å². The number of rotatable bonds is 10. The van der Waals surface area contributed by atoms with Crippen LogP contribution >= 0.6 is 23.2 Å². The molecular formula is C21H26Cl2O2. The molecule has 136 valence electrons. The lowest BCUT2D eigenvalue weighted by molar-refractivity contribution is 0.316. The molecule has 0 N–H and O–H groups in total. The van der Waals surface area contributed by atoms with Gasteiger partial charge in [-0.2, -0.15) is 0 Å². The number of benzene rings is 2. The smallest absolute Gasteiger partial charge is 0.119 e. The molecule has 4 heteroatoms. The maximum Gasteiger partial charge on any atom is 0.119 e. The van der Waals surface area contributed by atoms with E-state index >= 15 is 0 Å². The Morgan fingerprint density at radius 1 is 0.800 bits per heavy atom. The molecule has 0 saturated carbocycles. The van der Waals surface area contributed by atoms with E-state index in [1.54, 1.807) is 0 Å². The van der Waals surface area contributed by atoms with Crippen LogP contribution in [0.3, 0.4) is 0 Å². The second-order valence-electron chi connectivity index (χ2n) is 6.02. The summed E-state index contributed by atoms with van der Waals surface area (Å²) in [5.41, 5.74) is 2.29. The SMILES string of the molecule is CCCOc1cccc(C(CC(Cl)Cl)c2cccc(OCCC)c2)c1. The Morgan fingerprint density at radius 2 is 1.28 bits per heavy atom. The van der Waals surface area contributed by atoms with Crippen LogP contribution in [-0.2, 0) is 0 Å². The van der Waals surface area contributed by atoms with E-state index in [0.29, 0.717) is 19.6 Å². The molecule has 0 fully saturated rings. The molecule has 0 unspecified atom stereocenters. The first-order valence-corrected chi connectivity index (χ1v) is 9.75. The highest BCUT2D eigenvalue weighted by atomic mass is 35.5. The molecule has 2 rings (SSSR count). The van der Waals surface area contributed by atoms with Crippen LogP contribution in [0.4, 0.5) is 0 Å². The molecule has 0 aromatic heterocycles. The van der Waals surface area contributed by atoms with Crippen LogP contribution in [0.15, 0.2) is 48.5 Å². The molecule has 0 aliphatic rings. The Bertz CT molecular complexity index is 592. The summed E-state index contributed by atoms with van der Waals surface area (Å²) in [5, 5.41) is 0. The molecular weight excluding hydrogens is 355 g/mol. The zero-order chi connectivity index (χ0) is 18.1. The van der Waals surface area contributed by atoms with Gasteiger partial charge in [-0.05, 0) is 54.7 Å². The lowest BCUT2D eigenvalue weighted by Crippen LogP contribution is -2.07. The molecule has 0 aliphatic heterocycles. The normalized spacial score (nSPS) is 11.1. The summed E-state index contributed by atoms with van der Waals surface area (Å²) >= 11 is 12.2. The largest absolute Gasteiger partial charge is 0.494 e. The number of hydrogen-bond acceptors (Lipinski definition) is 2. The Hall–Kier alpha value is -1.38. The zero-order valence-electron chi connectivity index (χ0n) is 14.9. The standard InChI is InChI=1S/C21H26Cl2O2/c1-3-11-24-18-9-5-7-16(13-18)20(15-21(22)23)17-8-6-10-19(14-17)25-12-4-2/h5-10,13-14,20-21H,3-4,11-12,15H2,1-2H3. The molecule has 0 bridgehead atoms.